The van der Waals surface area contributed by atoms with Gasteiger partial charge in [0, 0.05) is 194 Å². The summed E-state index contributed by atoms with van der Waals surface area (Å²) in [6.07, 6.45) is 35.2. The van der Waals surface area contributed by atoms with Gasteiger partial charge in [-0.25, -0.2) is 81.1 Å². The van der Waals surface area contributed by atoms with Crippen molar-refractivity contribution in [1.82, 2.24) is 79.4 Å². The van der Waals surface area contributed by atoms with Gasteiger partial charge in [0.2, 0.25) is 0 Å². The Morgan fingerprint density at radius 1 is 0.415 bits per heavy atom. The van der Waals surface area contributed by atoms with E-state index in [2.05, 4.69) is 201 Å². The molecule has 4 amide bonds. The number of imidazole rings is 4. The second-order valence-corrected chi connectivity index (χ2v) is 37.6. The number of anilines is 8. The fraction of sp³-hybridized carbons (Fsp3) is 0.231. The van der Waals surface area contributed by atoms with Crippen LogP contribution in [0.3, 0.4) is 0 Å². The minimum absolute atomic E-state index is 0. The third-order valence-electron chi connectivity index (χ3n) is 24.4. The maximum absolute atomic E-state index is 12.4. The number of hydrogen-bond donors (Lipinski definition) is 11. The topological polar surface area (TPSA) is 494 Å². The first kappa shape index (κ1) is 103. The van der Waals surface area contributed by atoms with Crippen LogP contribution < -0.4 is 54.8 Å². The summed E-state index contributed by atoms with van der Waals surface area (Å²) >= 11 is 9.97. The third kappa shape index (κ3) is 26.9. The fourth-order valence-electron chi connectivity index (χ4n) is 15.8. The smallest absolute Gasteiger partial charge is 0.478 e. The van der Waals surface area contributed by atoms with E-state index in [1.54, 1.807) is 127 Å². The number of ether oxygens (including phenoxy) is 3. The van der Waals surface area contributed by atoms with Gasteiger partial charge in [-0.3, -0.25) is 39.4 Å². The second-order valence-electron chi connectivity index (χ2n) is 35.3. The number of aromatic nitrogens is 12. The standard InChI is InChI=1S/C26H24N6O3.C21H16N6O2.C18H18BrN5O3.C14H18BNO2.C12H16N2O3.C7H7NO2.C6H3Br2N3/c33-26(31-35-23-3-1-2-12-34-23)17-6-8-21(9-7-17)29-24-25-28-10-11-32(25)16-22(30-24)18-4-5-19-14-27-15-20(19)13-18;28-21(26-29)13-3-5-17(6-4-13)24-19-20-23-7-8-27(20)12-18(25-19)14-1-2-15-10-22-11-16(15)9-14;19-14-11-24-9-8-20-17(24)16(22-14)21-13-6-4-12(5-7-13)18(25)23-27-15-3-1-2-10-26-15;1-13(2)14(3,4)18-15(17-13)12-6-5-10-8-16-9-11(10)7-12;13-10-6-4-9(5-7-10)12(15)14-17-11-3-1-2-8-16-11;8-6-3-1-5(2-4-6)7(9)10;7-4-3-11-2-1-9-6(11)5(8)10-4/h4-11,13-14,16,23H,1-3,12,15H2,(H,29,30)(H,31,33);1-10,12,29H,11H2,(H,24,25)(H,26,28);4-9,11,15H,1-3,10H2,(H,21,22)(H,23,25);5-8H,9H2,1-4H3;4-7,11H,1-3,8,13H2,(H,14,15);1-4H,8H2,(H,9,10);1-3H/p+1. The van der Waals surface area contributed by atoms with E-state index in [4.69, 9.17) is 69.8 Å². The highest BCUT2D eigenvalue weighted by molar-refractivity contribution is 9.11. The number of hydrogen-bond acceptors (Lipinski definition) is 30. The highest BCUT2D eigenvalue weighted by Crippen LogP contribution is 2.38. The number of carboxylic acid groups (broad SMARTS) is 1. The Labute approximate surface area is 869 Å². The maximum Gasteiger partial charge on any atom is 1.00 e. The Morgan fingerprint density at radius 2 is 0.755 bits per heavy atom. The van der Waals surface area contributed by atoms with Crippen LogP contribution in [0.2, 0.25) is 0 Å². The minimum Gasteiger partial charge on any atom is -0.478 e. The Hall–Kier alpha value is -15.3. The second kappa shape index (κ2) is 48.2. The number of carbonyl (C=O) groups excluding carboxylic acids is 4. The Kier molecular flexibility index (Phi) is 33.8. The van der Waals surface area contributed by atoms with Crippen LogP contribution in [0.25, 0.3) is 45.1 Å². The van der Waals surface area contributed by atoms with Crippen LogP contribution in [0.5, 0.6) is 0 Å². The summed E-state index contributed by atoms with van der Waals surface area (Å²) in [4.78, 5) is 122. The van der Waals surface area contributed by atoms with Crippen molar-refractivity contribution in [2.45, 2.75) is 135 Å². The number of aliphatic imine (C=N–C) groups is 3. The van der Waals surface area contributed by atoms with Gasteiger partial charge >= 0.3 is 14.5 Å². The van der Waals surface area contributed by atoms with Crippen molar-refractivity contribution >= 4 is 177 Å². The van der Waals surface area contributed by atoms with Crippen LogP contribution in [0.1, 0.15) is 172 Å². The molecule has 3 atom stereocenters. The molecule has 8 aromatic heterocycles. The molecule has 3 unspecified atom stereocenters. The first-order chi connectivity index (χ1) is 71.2. The lowest BCUT2D eigenvalue weighted by Crippen LogP contribution is -2.41. The van der Waals surface area contributed by atoms with E-state index in [1.807, 2.05) is 104 Å². The minimum atomic E-state index is -0.931. The van der Waals surface area contributed by atoms with Gasteiger partial charge in [0.1, 0.15) is 9.21 Å². The SMILES string of the molecule is Brc1cn2ccnc2c(Br)n1.CC1(C)OB(c2ccc3c(c2)CN=C3)OC1(C)C.Nc1ccc(C(=O)NOC2CCCCO2)cc1.Nc1ccc(C(=O)O)cc1.O=C(NO)c1ccc(Nc2nc(-c3ccc4c(c3)CN=C4)cn3ccnc23)cc1.O=C(NOC1CCCCO1)c1ccc(Nc2nc(-c3ccc4c(c3)CN=C4)cn3ccnc23)cc1.O=C(NOC1CCCCO1)c1ccc(Nc2nc(Br)cn3ccnc23)cc1.[H+]. The summed E-state index contributed by atoms with van der Waals surface area (Å²) in [5, 5.41) is 27.0. The van der Waals surface area contributed by atoms with E-state index in [9.17, 15) is 24.0 Å². The van der Waals surface area contributed by atoms with E-state index in [0.717, 1.165) is 135 Å². The van der Waals surface area contributed by atoms with Gasteiger partial charge < -0.3 is 73.6 Å². The molecule has 8 aromatic carbocycles. The van der Waals surface area contributed by atoms with Crippen LogP contribution in [0.15, 0.2) is 279 Å². The number of halogens is 3. The van der Waals surface area contributed by atoms with Gasteiger partial charge in [-0.15, -0.1) is 0 Å². The predicted octanol–water partition coefficient (Wildman–Crippen LogP) is 17.6. The normalized spacial score (nSPS) is 16.1. The monoisotopic (exact) mass is 2180 g/mol. The number of amides is 4. The molecule has 43 heteroatoms. The Balaban J connectivity index is 0.000000128. The number of nitrogens with zero attached hydrogens (tertiary/aromatic N) is 15. The lowest BCUT2D eigenvalue weighted by Gasteiger charge is -2.32. The lowest BCUT2D eigenvalue weighted by atomic mass is 9.78. The predicted molar refractivity (Wildman–Crippen MR) is 567 cm³/mol. The number of benzene rings is 8. The Bertz CT molecular complexity index is 7460. The number of fused-ring (bicyclic) bond motifs is 7. The molecule has 4 saturated heterocycles. The molecule has 0 aliphatic carbocycles. The van der Waals surface area contributed by atoms with Gasteiger partial charge in [0.25, 0.3) is 23.6 Å². The van der Waals surface area contributed by atoms with Crippen molar-refractivity contribution in [3.05, 3.63) is 325 Å². The summed E-state index contributed by atoms with van der Waals surface area (Å²) in [5.41, 5.74) is 39.6. The zero-order chi connectivity index (χ0) is 103. The van der Waals surface area contributed by atoms with Crippen molar-refractivity contribution in [2.24, 2.45) is 15.0 Å². The average Bonchev–Trinajstić information content (AvgIpc) is 1.61. The van der Waals surface area contributed by atoms with Crippen LogP contribution in [-0.4, -0.2) is 173 Å². The van der Waals surface area contributed by atoms with E-state index in [1.165, 1.54) is 34.4 Å². The zero-order valence-electron chi connectivity index (χ0n) is 81.0. The largest absolute Gasteiger partial charge is 1.00 e. The zero-order valence-corrected chi connectivity index (χ0v) is 84.8. The molecule has 13 N–H and O–H groups in total. The van der Waals surface area contributed by atoms with Crippen molar-refractivity contribution in [2.75, 3.05) is 47.2 Å². The molecule has 752 valence electrons. The number of rotatable bonds is 20. The number of nitrogen functional groups attached to an aromatic ring is 2. The maximum atomic E-state index is 12.4. The van der Waals surface area contributed by atoms with Gasteiger partial charge in [0.15, 0.2) is 63.5 Å². The van der Waals surface area contributed by atoms with Crippen LogP contribution in [0.4, 0.5) is 45.9 Å². The molecule has 7 aliphatic rings. The van der Waals surface area contributed by atoms with E-state index >= 15 is 0 Å². The molecular weight excluding hydrogens is 2080 g/mol. The first-order valence-corrected chi connectivity index (χ1v) is 49.4. The first-order valence-electron chi connectivity index (χ1n) is 47.0. The van der Waals surface area contributed by atoms with Gasteiger partial charge in [-0.1, -0.05) is 42.5 Å². The van der Waals surface area contributed by atoms with Crippen molar-refractivity contribution < 1.29 is 73.7 Å². The highest BCUT2D eigenvalue weighted by atomic mass is 79.9. The quantitative estimate of drug-likeness (QED) is 0.0146. The Morgan fingerprint density at radius 3 is 1.14 bits per heavy atom. The van der Waals surface area contributed by atoms with E-state index in [0.29, 0.717) is 106 Å². The van der Waals surface area contributed by atoms with Crippen molar-refractivity contribution in [1.29, 1.82) is 0 Å². The molecule has 0 bridgehead atoms. The van der Waals surface area contributed by atoms with Crippen molar-refractivity contribution in [3.63, 3.8) is 0 Å². The van der Waals surface area contributed by atoms with E-state index < -0.39 is 11.9 Å². The molecular formula is C104H103BBr3N24O15+. The third-order valence-corrected chi connectivity index (χ3v) is 25.7. The van der Waals surface area contributed by atoms with E-state index in [-0.39, 0.29) is 61.9 Å². The number of nitrogens with one attached hydrogen (secondary N) is 7. The van der Waals surface area contributed by atoms with Gasteiger partial charge in [0.05, 0.1) is 47.8 Å². The van der Waals surface area contributed by atoms with Crippen LogP contribution >= 0.6 is 47.8 Å². The highest BCUT2D eigenvalue weighted by Gasteiger charge is 2.52. The summed E-state index contributed by atoms with van der Waals surface area (Å²) in [5.74, 6) is -0.576. The fourth-order valence-corrected chi connectivity index (χ4v) is 17.3. The summed E-state index contributed by atoms with van der Waals surface area (Å²) in [6, 6.07) is 52.3. The molecule has 16 aromatic rings. The molecule has 39 nitrogen and oxygen atoms in total. The lowest BCUT2D eigenvalue weighted by molar-refractivity contribution is -0.186. The van der Waals surface area contributed by atoms with Gasteiger partial charge in [-0.05, 0) is 286 Å². The molecule has 23 rings (SSSR count). The molecule has 15 heterocycles. The molecule has 7 aliphatic heterocycles. The van der Waals surface area contributed by atoms with Crippen LogP contribution in [-0.2, 0) is 57.7 Å². The summed E-state index contributed by atoms with van der Waals surface area (Å²) < 4.78 is 38.2. The van der Waals surface area contributed by atoms with Gasteiger partial charge in [-0.2, -0.15) is 0 Å². The molecule has 0 saturated carbocycles. The number of hydroxylamine groups is 4. The molecule has 4 fully saturated rings. The molecule has 0 radical (unpaired) electrons. The molecule has 147 heavy (non-hydrogen) atoms. The number of aromatic carboxylic acids is 1. The number of nitrogens with two attached hydrogens (primary N) is 2. The van der Waals surface area contributed by atoms with Crippen LogP contribution in [0, 0.1) is 0 Å². The summed E-state index contributed by atoms with van der Waals surface area (Å²) in [6.45, 7) is 12.4. The number of carboxylic acids is 1. The number of carbonyl (C=O) groups is 5. The average molecular weight is 2180 g/mol. The van der Waals surface area contributed by atoms with Crippen molar-refractivity contribution in [3.8, 4) is 22.5 Å². The molecule has 0 spiro atoms. The summed E-state index contributed by atoms with van der Waals surface area (Å²) in [7, 11) is -0.277.